The van der Waals surface area contributed by atoms with Crippen molar-refractivity contribution in [3.05, 3.63) is 0 Å². The molecule has 1 spiro atoms. The molecule has 0 aromatic carbocycles. The summed E-state index contributed by atoms with van der Waals surface area (Å²) >= 11 is 0. The summed E-state index contributed by atoms with van der Waals surface area (Å²) in [5.74, 6) is 1.10. The van der Waals surface area contributed by atoms with Crippen molar-refractivity contribution < 1.29 is 4.74 Å². The molecule has 0 unspecified atom stereocenters. The quantitative estimate of drug-likeness (QED) is 0.481. The Balaban J connectivity index is 1.30. The maximum Gasteiger partial charge on any atom is 0.193 e. The molecule has 126 valence electrons. The SMILES string of the molecule is CN=C(NCCCOC1CCCCC1)N1CCC2(CCC2)C1. The van der Waals surface area contributed by atoms with Crippen molar-refractivity contribution >= 4 is 5.96 Å². The molecular formula is C18H33N3O. The fourth-order valence-corrected chi connectivity index (χ4v) is 4.29. The highest BCUT2D eigenvalue weighted by atomic mass is 16.5. The minimum absolute atomic E-state index is 0.533. The monoisotopic (exact) mass is 307 g/mol. The summed E-state index contributed by atoms with van der Waals surface area (Å²) < 4.78 is 5.99. The van der Waals surface area contributed by atoms with Crippen LogP contribution < -0.4 is 5.32 Å². The van der Waals surface area contributed by atoms with Crippen LogP contribution in [-0.4, -0.2) is 50.3 Å². The lowest BCUT2D eigenvalue weighted by atomic mass is 9.68. The smallest absolute Gasteiger partial charge is 0.193 e. The molecule has 4 heteroatoms. The number of nitrogens with one attached hydrogen (secondary N) is 1. The van der Waals surface area contributed by atoms with E-state index in [9.17, 15) is 0 Å². The Hall–Kier alpha value is -0.770. The molecule has 1 heterocycles. The fraction of sp³-hybridized carbons (Fsp3) is 0.944. The Morgan fingerprint density at radius 1 is 1.18 bits per heavy atom. The van der Waals surface area contributed by atoms with Crippen LogP contribution in [0.3, 0.4) is 0 Å². The zero-order valence-corrected chi connectivity index (χ0v) is 14.3. The molecule has 2 saturated carbocycles. The van der Waals surface area contributed by atoms with Crippen LogP contribution in [0.15, 0.2) is 4.99 Å². The molecule has 0 radical (unpaired) electrons. The molecule has 0 atom stereocenters. The molecule has 2 aliphatic carbocycles. The predicted molar refractivity (Wildman–Crippen MR) is 91.3 cm³/mol. The van der Waals surface area contributed by atoms with Gasteiger partial charge >= 0.3 is 0 Å². The third-order valence-corrected chi connectivity index (χ3v) is 5.87. The standard InChI is InChI=1S/C18H33N3O/c1-19-17(21-13-11-18(15-21)9-5-10-18)20-12-6-14-22-16-7-3-2-4-8-16/h16H,2-15H2,1H3,(H,19,20). The van der Waals surface area contributed by atoms with Gasteiger partial charge < -0.3 is 15.0 Å². The molecule has 1 N–H and O–H groups in total. The molecule has 4 nitrogen and oxygen atoms in total. The van der Waals surface area contributed by atoms with E-state index in [4.69, 9.17) is 4.74 Å². The number of likely N-dealkylation sites (tertiary alicyclic amines) is 1. The average Bonchev–Trinajstić information content (AvgIpc) is 2.97. The topological polar surface area (TPSA) is 36.9 Å². The lowest BCUT2D eigenvalue weighted by Gasteiger charge is -2.38. The Labute approximate surface area is 135 Å². The third-order valence-electron chi connectivity index (χ3n) is 5.87. The van der Waals surface area contributed by atoms with Crippen LogP contribution >= 0.6 is 0 Å². The maximum absolute atomic E-state index is 5.99. The number of aliphatic imine (C=N–C) groups is 1. The van der Waals surface area contributed by atoms with Crippen LogP contribution in [0.2, 0.25) is 0 Å². The third kappa shape index (κ3) is 3.95. The molecule has 0 aromatic heterocycles. The minimum atomic E-state index is 0.533. The largest absolute Gasteiger partial charge is 0.378 e. The molecule has 0 bridgehead atoms. The molecule has 3 aliphatic rings. The van der Waals surface area contributed by atoms with Gasteiger partial charge in [-0.3, -0.25) is 4.99 Å². The first-order chi connectivity index (χ1) is 10.8. The molecule has 0 aromatic rings. The van der Waals surface area contributed by atoms with E-state index in [1.54, 1.807) is 0 Å². The normalized spacial score (nSPS) is 25.5. The highest BCUT2D eigenvalue weighted by Gasteiger charge is 2.43. The van der Waals surface area contributed by atoms with Gasteiger partial charge in [0, 0.05) is 33.3 Å². The Bertz CT molecular complexity index is 373. The van der Waals surface area contributed by atoms with Gasteiger partial charge in [0.1, 0.15) is 0 Å². The van der Waals surface area contributed by atoms with Crippen LogP contribution in [0, 0.1) is 5.41 Å². The van der Waals surface area contributed by atoms with Crippen LogP contribution in [0.5, 0.6) is 0 Å². The van der Waals surface area contributed by atoms with E-state index in [1.165, 1.54) is 70.9 Å². The van der Waals surface area contributed by atoms with Crippen LogP contribution in [0.4, 0.5) is 0 Å². The number of guanidine groups is 1. The van der Waals surface area contributed by atoms with E-state index in [-0.39, 0.29) is 0 Å². The Morgan fingerprint density at radius 2 is 2.00 bits per heavy atom. The summed E-state index contributed by atoms with van der Waals surface area (Å²) in [7, 11) is 1.91. The summed E-state index contributed by atoms with van der Waals surface area (Å²) in [6.07, 6.45) is 13.9. The summed E-state index contributed by atoms with van der Waals surface area (Å²) in [6.45, 7) is 4.25. The molecular weight excluding hydrogens is 274 g/mol. The van der Waals surface area contributed by atoms with Gasteiger partial charge in [0.15, 0.2) is 5.96 Å². The van der Waals surface area contributed by atoms with Gasteiger partial charge in [-0.2, -0.15) is 0 Å². The Kier molecular flexibility index (Phi) is 5.61. The zero-order valence-electron chi connectivity index (χ0n) is 14.3. The van der Waals surface area contributed by atoms with E-state index in [0.29, 0.717) is 11.5 Å². The maximum atomic E-state index is 5.99. The summed E-state index contributed by atoms with van der Waals surface area (Å²) in [4.78, 5) is 6.93. The first-order valence-corrected chi connectivity index (χ1v) is 9.39. The van der Waals surface area contributed by atoms with Gasteiger partial charge in [-0.1, -0.05) is 25.7 Å². The summed E-state index contributed by atoms with van der Waals surface area (Å²) in [5, 5.41) is 3.53. The van der Waals surface area contributed by atoms with E-state index in [1.807, 2.05) is 7.05 Å². The predicted octanol–water partition coefficient (Wildman–Crippen LogP) is 3.18. The average molecular weight is 307 g/mol. The Morgan fingerprint density at radius 3 is 2.64 bits per heavy atom. The lowest BCUT2D eigenvalue weighted by molar-refractivity contribution is 0.0276. The van der Waals surface area contributed by atoms with Crippen molar-refractivity contribution in [2.75, 3.05) is 33.3 Å². The molecule has 3 fully saturated rings. The van der Waals surface area contributed by atoms with Crippen molar-refractivity contribution in [3.63, 3.8) is 0 Å². The van der Waals surface area contributed by atoms with E-state index < -0.39 is 0 Å². The molecule has 0 amide bonds. The van der Waals surface area contributed by atoms with Gasteiger partial charge in [-0.05, 0) is 43.9 Å². The van der Waals surface area contributed by atoms with Crippen molar-refractivity contribution in [1.82, 2.24) is 10.2 Å². The first-order valence-electron chi connectivity index (χ1n) is 9.39. The number of hydrogen-bond acceptors (Lipinski definition) is 2. The lowest BCUT2D eigenvalue weighted by Crippen LogP contribution is -2.43. The fourth-order valence-electron chi connectivity index (χ4n) is 4.29. The van der Waals surface area contributed by atoms with Crippen molar-refractivity contribution in [2.24, 2.45) is 10.4 Å². The van der Waals surface area contributed by atoms with Gasteiger partial charge in [0.2, 0.25) is 0 Å². The van der Waals surface area contributed by atoms with Crippen LogP contribution in [0.1, 0.15) is 64.2 Å². The number of rotatable bonds is 5. The second kappa shape index (κ2) is 7.67. The van der Waals surface area contributed by atoms with Gasteiger partial charge in [-0.15, -0.1) is 0 Å². The second-order valence-electron chi connectivity index (χ2n) is 7.48. The van der Waals surface area contributed by atoms with Gasteiger partial charge in [0.05, 0.1) is 6.10 Å². The molecule has 3 rings (SSSR count). The summed E-state index contributed by atoms with van der Waals surface area (Å²) in [5.41, 5.74) is 0.641. The van der Waals surface area contributed by atoms with Gasteiger partial charge in [-0.25, -0.2) is 0 Å². The summed E-state index contributed by atoms with van der Waals surface area (Å²) in [6, 6.07) is 0. The highest BCUT2D eigenvalue weighted by molar-refractivity contribution is 5.80. The van der Waals surface area contributed by atoms with Crippen LogP contribution in [0.25, 0.3) is 0 Å². The number of hydrogen-bond donors (Lipinski definition) is 1. The highest BCUT2D eigenvalue weighted by Crippen LogP contribution is 2.47. The van der Waals surface area contributed by atoms with Gasteiger partial charge in [0.25, 0.3) is 0 Å². The minimum Gasteiger partial charge on any atom is -0.378 e. The van der Waals surface area contributed by atoms with Crippen LogP contribution in [-0.2, 0) is 4.74 Å². The first kappa shape index (κ1) is 16.1. The zero-order chi connectivity index (χ0) is 15.3. The van der Waals surface area contributed by atoms with Crippen molar-refractivity contribution in [3.8, 4) is 0 Å². The molecule has 1 saturated heterocycles. The molecule has 22 heavy (non-hydrogen) atoms. The second-order valence-corrected chi connectivity index (χ2v) is 7.48. The van der Waals surface area contributed by atoms with Crippen molar-refractivity contribution in [1.29, 1.82) is 0 Å². The van der Waals surface area contributed by atoms with E-state index in [2.05, 4.69) is 15.2 Å². The number of ether oxygens (including phenoxy) is 1. The number of nitrogens with zero attached hydrogens (tertiary/aromatic N) is 2. The van der Waals surface area contributed by atoms with E-state index in [0.717, 1.165) is 25.5 Å². The molecule has 1 aliphatic heterocycles. The van der Waals surface area contributed by atoms with E-state index >= 15 is 0 Å². The van der Waals surface area contributed by atoms with Crippen molar-refractivity contribution in [2.45, 2.75) is 70.3 Å².